The molecule has 0 N–H and O–H groups in total. The topological polar surface area (TPSA) is 35.9 Å². The molecule has 1 atom stereocenters. The van der Waals surface area contributed by atoms with E-state index < -0.39 is 0 Å². The maximum atomic E-state index is 11.6. The van der Waals surface area contributed by atoms with E-state index in [0.717, 1.165) is 17.7 Å². The molecule has 26 heavy (non-hydrogen) atoms. The molecule has 3 rings (SSSR count). The van der Waals surface area contributed by atoms with Crippen LogP contribution in [0.4, 0.5) is 11.4 Å². The third kappa shape index (κ3) is 2.62. The Kier molecular flexibility index (Phi) is 4.45. The molecule has 0 saturated carbocycles. The van der Waals surface area contributed by atoms with Gasteiger partial charge in [-0.15, -0.1) is 0 Å². The Balaban J connectivity index is 1.95. The number of rotatable bonds is 5. The quantitative estimate of drug-likeness (QED) is 0.455. The third-order valence-electron chi connectivity index (χ3n) is 5.83. The molecule has 134 valence electrons. The average Bonchev–Trinajstić information content (AvgIpc) is 2.81. The van der Waals surface area contributed by atoms with Crippen LogP contribution in [0.15, 0.2) is 60.2 Å². The number of fused-ring (bicyclic) bond motifs is 1. The molecule has 0 aliphatic carbocycles. The maximum absolute atomic E-state index is 11.6. The summed E-state index contributed by atoms with van der Waals surface area (Å²) in [4.78, 5) is 13.8. The molecule has 0 bridgehead atoms. The fraction of sp³-hybridized carbons (Fsp3) is 0.273. The van der Waals surface area contributed by atoms with Crippen molar-refractivity contribution < 1.29 is 4.79 Å². The fourth-order valence-electron chi connectivity index (χ4n) is 3.58. The van der Waals surface area contributed by atoms with Crippen molar-refractivity contribution in [3.63, 3.8) is 0 Å². The number of carbonyl (C=O) groups is 1. The first-order chi connectivity index (χ1) is 12.3. The van der Waals surface area contributed by atoms with Gasteiger partial charge in [-0.3, -0.25) is 4.79 Å². The summed E-state index contributed by atoms with van der Waals surface area (Å²) < 4.78 is 0. The van der Waals surface area contributed by atoms with E-state index in [4.69, 9.17) is 0 Å². The monoisotopic (exact) mass is 347 g/mol. The van der Waals surface area contributed by atoms with Gasteiger partial charge in [0.15, 0.2) is 0 Å². The van der Waals surface area contributed by atoms with Crippen molar-refractivity contribution in [2.75, 3.05) is 17.0 Å². The first-order valence-electron chi connectivity index (χ1n) is 8.70. The molecule has 1 heterocycles. The van der Waals surface area contributed by atoms with Crippen molar-refractivity contribution in [2.24, 2.45) is 5.10 Å². The SMILES string of the molecule is C=Cc1ccc(N(C=O)N=CC2(C)N(C)c3ccccc3C2(C)C)cc1. The molecule has 4 nitrogen and oxygen atoms in total. The molecule has 2 aromatic carbocycles. The van der Waals surface area contributed by atoms with E-state index in [1.54, 1.807) is 6.08 Å². The Morgan fingerprint density at radius 3 is 2.31 bits per heavy atom. The molecule has 0 fully saturated rings. The molecule has 1 aliphatic rings. The number of benzene rings is 2. The molecule has 0 aromatic heterocycles. The van der Waals surface area contributed by atoms with Crippen LogP contribution >= 0.6 is 0 Å². The van der Waals surface area contributed by atoms with Crippen LogP contribution in [0.25, 0.3) is 6.08 Å². The standard InChI is InChI=1S/C22H25N3O/c1-6-17-11-13-18(14-12-17)25(16-26)23-15-22(4)21(2,3)19-9-7-8-10-20(19)24(22)5/h6-16H,1H2,2-5H3. The predicted octanol–water partition coefficient (Wildman–Crippen LogP) is 4.46. The number of anilines is 2. The Hall–Kier alpha value is -2.88. The molecular formula is C22H25N3O. The normalized spacial score (nSPS) is 20.8. The lowest BCUT2D eigenvalue weighted by Crippen LogP contribution is -2.53. The van der Waals surface area contributed by atoms with E-state index in [1.165, 1.54) is 16.3 Å². The van der Waals surface area contributed by atoms with Gasteiger partial charge in [-0.1, -0.05) is 56.8 Å². The molecule has 1 aliphatic heterocycles. The predicted molar refractivity (Wildman–Crippen MR) is 110 cm³/mol. The second kappa shape index (κ2) is 6.45. The molecule has 0 spiro atoms. The zero-order chi connectivity index (χ0) is 18.9. The van der Waals surface area contributed by atoms with Crippen LogP contribution in [0, 0.1) is 0 Å². The number of hydrazone groups is 1. The lowest BCUT2D eigenvalue weighted by molar-refractivity contribution is -0.107. The van der Waals surface area contributed by atoms with E-state index >= 15 is 0 Å². The first-order valence-corrected chi connectivity index (χ1v) is 8.70. The van der Waals surface area contributed by atoms with Crippen LogP contribution in [0.1, 0.15) is 31.9 Å². The van der Waals surface area contributed by atoms with Crippen molar-refractivity contribution >= 4 is 30.1 Å². The largest absolute Gasteiger partial charge is 0.363 e. The van der Waals surface area contributed by atoms with Crippen molar-refractivity contribution in [3.05, 3.63) is 66.2 Å². The number of nitrogens with zero attached hydrogens (tertiary/aromatic N) is 3. The Bertz CT molecular complexity index is 854. The fourth-order valence-corrected chi connectivity index (χ4v) is 3.58. The summed E-state index contributed by atoms with van der Waals surface area (Å²) >= 11 is 0. The van der Waals surface area contributed by atoms with Gasteiger partial charge in [0, 0.05) is 18.2 Å². The first kappa shape index (κ1) is 17.9. The van der Waals surface area contributed by atoms with E-state index in [9.17, 15) is 4.79 Å². The van der Waals surface area contributed by atoms with Gasteiger partial charge in [0.05, 0.1) is 17.4 Å². The van der Waals surface area contributed by atoms with Crippen molar-refractivity contribution in [1.29, 1.82) is 0 Å². The average molecular weight is 347 g/mol. The Morgan fingerprint density at radius 1 is 1.08 bits per heavy atom. The minimum atomic E-state index is -0.362. The van der Waals surface area contributed by atoms with Crippen LogP contribution in [0.5, 0.6) is 0 Å². The molecule has 1 amide bonds. The second-order valence-corrected chi connectivity index (χ2v) is 7.34. The lowest BCUT2D eigenvalue weighted by Gasteiger charge is -2.40. The molecule has 1 unspecified atom stereocenters. The summed E-state index contributed by atoms with van der Waals surface area (Å²) in [6.07, 6.45) is 4.38. The van der Waals surface area contributed by atoms with Crippen molar-refractivity contribution in [3.8, 4) is 0 Å². The summed E-state index contributed by atoms with van der Waals surface area (Å²) in [5, 5.41) is 5.89. The highest BCUT2D eigenvalue weighted by molar-refractivity contribution is 5.87. The van der Waals surface area contributed by atoms with Gasteiger partial charge < -0.3 is 4.90 Å². The Labute approximate surface area is 155 Å². The van der Waals surface area contributed by atoms with Crippen LogP contribution in [-0.2, 0) is 10.2 Å². The van der Waals surface area contributed by atoms with Crippen molar-refractivity contribution in [2.45, 2.75) is 31.7 Å². The summed E-state index contributed by atoms with van der Waals surface area (Å²) in [6.45, 7) is 10.3. The van der Waals surface area contributed by atoms with Gasteiger partial charge in [0.1, 0.15) is 0 Å². The molecule has 0 saturated heterocycles. The number of amides is 1. The van der Waals surface area contributed by atoms with Crippen LogP contribution in [0.2, 0.25) is 0 Å². The summed E-state index contributed by atoms with van der Waals surface area (Å²) in [5.41, 5.74) is 3.69. The van der Waals surface area contributed by atoms with E-state index in [2.05, 4.69) is 62.6 Å². The van der Waals surface area contributed by atoms with Gasteiger partial charge in [0.2, 0.25) is 6.41 Å². The smallest absolute Gasteiger partial charge is 0.234 e. The summed E-state index contributed by atoms with van der Waals surface area (Å²) in [5.74, 6) is 0. The highest BCUT2D eigenvalue weighted by Crippen LogP contribution is 2.49. The maximum Gasteiger partial charge on any atom is 0.234 e. The van der Waals surface area contributed by atoms with Crippen LogP contribution in [-0.4, -0.2) is 25.2 Å². The highest BCUT2D eigenvalue weighted by atomic mass is 16.1. The second-order valence-electron chi connectivity index (χ2n) is 7.34. The third-order valence-corrected chi connectivity index (χ3v) is 5.83. The minimum absolute atomic E-state index is 0.150. The van der Waals surface area contributed by atoms with Crippen LogP contribution in [0.3, 0.4) is 0 Å². The van der Waals surface area contributed by atoms with E-state index in [0.29, 0.717) is 0 Å². The Morgan fingerprint density at radius 2 is 1.73 bits per heavy atom. The zero-order valence-electron chi connectivity index (χ0n) is 15.8. The van der Waals surface area contributed by atoms with Gasteiger partial charge in [-0.2, -0.15) is 5.10 Å². The van der Waals surface area contributed by atoms with Crippen LogP contribution < -0.4 is 9.91 Å². The minimum Gasteiger partial charge on any atom is -0.363 e. The number of hydrogen-bond donors (Lipinski definition) is 0. The number of carbonyl (C=O) groups excluding carboxylic acids is 1. The van der Waals surface area contributed by atoms with E-state index in [1.807, 2.05) is 36.5 Å². The van der Waals surface area contributed by atoms with Gasteiger partial charge in [-0.25, -0.2) is 5.01 Å². The number of hydrogen-bond acceptors (Lipinski definition) is 3. The number of para-hydroxylation sites is 1. The van der Waals surface area contributed by atoms with Gasteiger partial charge in [-0.05, 0) is 36.2 Å². The van der Waals surface area contributed by atoms with Gasteiger partial charge in [0.25, 0.3) is 0 Å². The molecule has 2 aromatic rings. The summed E-state index contributed by atoms with van der Waals surface area (Å²) in [6, 6.07) is 16.0. The lowest BCUT2D eigenvalue weighted by atomic mass is 9.72. The molecular weight excluding hydrogens is 322 g/mol. The zero-order valence-corrected chi connectivity index (χ0v) is 15.8. The molecule has 0 radical (unpaired) electrons. The highest BCUT2D eigenvalue weighted by Gasteiger charge is 2.51. The van der Waals surface area contributed by atoms with E-state index in [-0.39, 0.29) is 11.0 Å². The van der Waals surface area contributed by atoms with Crippen molar-refractivity contribution in [1.82, 2.24) is 0 Å². The summed E-state index contributed by atoms with van der Waals surface area (Å²) in [7, 11) is 2.07. The molecule has 4 heteroatoms. The number of likely N-dealkylation sites (N-methyl/N-ethyl adjacent to an activating group) is 1. The van der Waals surface area contributed by atoms with Gasteiger partial charge >= 0.3 is 0 Å².